The quantitative estimate of drug-likeness (QED) is 0.573. The summed E-state index contributed by atoms with van der Waals surface area (Å²) in [5, 5.41) is -0.402. The van der Waals surface area contributed by atoms with Crippen LogP contribution in [0.3, 0.4) is 0 Å². The van der Waals surface area contributed by atoms with Crippen molar-refractivity contribution in [2.24, 2.45) is 0 Å². The van der Waals surface area contributed by atoms with Crippen molar-refractivity contribution in [1.82, 2.24) is 4.98 Å². The molecule has 0 amide bonds. The number of rotatable bonds is 3. The third kappa shape index (κ3) is 2.43. The number of aldehydes is 1. The average molecular weight is 236 g/mol. The Labute approximate surface area is 85.1 Å². The van der Waals surface area contributed by atoms with Crippen molar-refractivity contribution in [1.29, 1.82) is 0 Å². The molecule has 76 valence electrons. The Hall–Kier alpha value is -1.14. The summed E-state index contributed by atoms with van der Waals surface area (Å²) >= 11 is 0. The molecule has 0 aliphatic rings. The molecule has 1 heterocycles. The number of aromatic nitrogens is 1. The second-order valence-electron chi connectivity index (χ2n) is 2.33. The average Bonchev–Trinajstić information content (AvgIpc) is 2.15. The molecule has 0 fully saturated rings. The lowest BCUT2D eigenvalue weighted by atomic mass is 10.3. The van der Waals surface area contributed by atoms with E-state index in [0.29, 0.717) is 6.29 Å². The lowest BCUT2D eigenvalue weighted by molar-refractivity contribution is 0.111. The van der Waals surface area contributed by atoms with Gasteiger partial charge in [0.2, 0.25) is 0 Å². The fourth-order valence-corrected chi connectivity index (χ4v) is 1.51. The van der Waals surface area contributed by atoms with Crippen LogP contribution in [0.1, 0.15) is 10.5 Å². The van der Waals surface area contributed by atoms with Gasteiger partial charge in [0, 0.05) is 22.8 Å². The Morgan fingerprint density at radius 2 is 2.14 bits per heavy atom. The lowest BCUT2D eigenvalue weighted by Gasteiger charge is -2.02. The number of hydrogen-bond donors (Lipinski definition) is 0. The van der Waals surface area contributed by atoms with Crippen LogP contribution in [0.4, 0.5) is 0 Å². The number of carbonyl (C=O) groups excluding carboxylic acids is 1. The number of methoxy groups -OCH3 is 1. The van der Waals surface area contributed by atoms with Crippen LogP contribution in [0.2, 0.25) is 0 Å². The van der Waals surface area contributed by atoms with Crippen LogP contribution in [-0.2, 0) is 9.05 Å². The molecular formula is C7H6ClNO4S. The van der Waals surface area contributed by atoms with Crippen LogP contribution in [0.15, 0.2) is 17.2 Å². The van der Waals surface area contributed by atoms with Crippen molar-refractivity contribution >= 4 is 26.0 Å². The topological polar surface area (TPSA) is 73.3 Å². The minimum atomic E-state index is -3.95. The summed E-state index contributed by atoms with van der Waals surface area (Å²) in [6.07, 6.45) is 0.411. The minimum Gasteiger partial charge on any atom is -0.497 e. The second kappa shape index (κ2) is 3.93. The highest BCUT2D eigenvalue weighted by atomic mass is 35.7. The van der Waals surface area contributed by atoms with Gasteiger partial charge < -0.3 is 4.74 Å². The molecule has 1 rings (SSSR count). The second-order valence-corrected chi connectivity index (χ2v) is 4.84. The molecule has 7 heteroatoms. The first kappa shape index (κ1) is 10.9. The molecule has 0 saturated carbocycles. The van der Waals surface area contributed by atoms with Gasteiger partial charge in [-0.05, 0) is 0 Å². The highest BCUT2D eigenvalue weighted by Gasteiger charge is 2.14. The molecule has 0 N–H and O–H groups in total. The van der Waals surface area contributed by atoms with Gasteiger partial charge in [-0.2, -0.15) is 0 Å². The van der Waals surface area contributed by atoms with Crippen LogP contribution in [-0.4, -0.2) is 26.8 Å². The summed E-state index contributed by atoms with van der Waals surface area (Å²) < 4.78 is 26.6. The molecule has 0 aliphatic heterocycles. The SMILES string of the molecule is COc1cc(C=O)nc(S(=O)(=O)Cl)c1. The molecule has 0 aromatic carbocycles. The van der Waals surface area contributed by atoms with Gasteiger partial charge in [0.15, 0.2) is 11.3 Å². The fourth-order valence-electron chi connectivity index (χ4n) is 0.804. The maximum atomic E-state index is 10.9. The van der Waals surface area contributed by atoms with Crippen molar-refractivity contribution in [3.05, 3.63) is 17.8 Å². The predicted octanol–water partition coefficient (Wildman–Crippen LogP) is 0.830. The van der Waals surface area contributed by atoms with E-state index >= 15 is 0 Å². The molecule has 0 saturated heterocycles. The van der Waals surface area contributed by atoms with Crippen molar-refractivity contribution in [2.45, 2.75) is 5.03 Å². The molecule has 1 aromatic rings. The summed E-state index contributed by atoms with van der Waals surface area (Å²) in [5.74, 6) is 0.210. The van der Waals surface area contributed by atoms with E-state index in [1.807, 2.05) is 0 Å². The van der Waals surface area contributed by atoms with Crippen LogP contribution in [0, 0.1) is 0 Å². The highest BCUT2D eigenvalue weighted by Crippen LogP contribution is 2.19. The molecule has 0 bridgehead atoms. The summed E-state index contributed by atoms with van der Waals surface area (Å²) in [6.45, 7) is 0. The number of hydrogen-bond acceptors (Lipinski definition) is 5. The van der Waals surface area contributed by atoms with Gasteiger partial charge in [0.1, 0.15) is 11.4 Å². The van der Waals surface area contributed by atoms with Crippen molar-refractivity contribution in [3.8, 4) is 5.75 Å². The summed E-state index contributed by atoms with van der Waals surface area (Å²) in [4.78, 5) is 13.9. The van der Waals surface area contributed by atoms with E-state index in [-0.39, 0.29) is 11.4 Å². The number of pyridine rings is 1. The first-order chi connectivity index (χ1) is 6.47. The zero-order valence-electron chi connectivity index (χ0n) is 7.10. The third-order valence-electron chi connectivity index (χ3n) is 1.40. The van der Waals surface area contributed by atoms with Crippen LogP contribution < -0.4 is 4.74 Å². The standard InChI is InChI=1S/C7H6ClNO4S/c1-13-6-2-5(4-10)9-7(3-6)14(8,11)12/h2-4H,1H3. The van der Waals surface area contributed by atoms with E-state index in [4.69, 9.17) is 15.4 Å². The normalized spacial score (nSPS) is 11.0. The van der Waals surface area contributed by atoms with Crippen molar-refractivity contribution in [3.63, 3.8) is 0 Å². The first-order valence-corrected chi connectivity index (χ1v) is 5.74. The smallest absolute Gasteiger partial charge is 0.278 e. The number of carbonyl (C=O) groups is 1. The number of halogens is 1. The first-order valence-electron chi connectivity index (χ1n) is 3.43. The molecule has 14 heavy (non-hydrogen) atoms. The maximum absolute atomic E-state index is 10.9. The van der Waals surface area contributed by atoms with Gasteiger partial charge in [-0.15, -0.1) is 0 Å². The molecule has 0 aliphatic carbocycles. The maximum Gasteiger partial charge on any atom is 0.278 e. The Morgan fingerprint density at radius 1 is 1.50 bits per heavy atom. The zero-order chi connectivity index (χ0) is 10.8. The Kier molecular flexibility index (Phi) is 3.07. The lowest BCUT2D eigenvalue weighted by Crippen LogP contribution is -1.99. The van der Waals surface area contributed by atoms with E-state index in [0.717, 1.165) is 6.07 Å². The molecular weight excluding hydrogens is 230 g/mol. The Morgan fingerprint density at radius 3 is 2.57 bits per heavy atom. The highest BCUT2D eigenvalue weighted by molar-refractivity contribution is 8.13. The fraction of sp³-hybridized carbons (Fsp3) is 0.143. The molecule has 1 aromatic heterocycles. The summed E-state index contributed by atoms with van der Waals surface area (Å²) in [7, 11) is 2.45. The van der Waals surface area contributed by atoms with Crippen molar-refractivity contribution in [2.75, 3.05) is 7.11 Å². The van der Waals surface area contributed by atoms with Crippen LogP contribution in [0.25, 0.3) is 0 Å². The third-order valence-corrected chi connectivity index (χ3v) is 2.58. The molecule has 0 radical (unpaired) electrons. The largest absolute Gasteiger partial charge is 0.497 e. The van der Waals surface area contributed by atoms with E-state index in [2.05, 4.69) is 4.98 Å². The van der Waals surface area contributed by atoms with Crippen LogP contribution >= 0.6 is 10.7 Å². The Bertz CT molecular complexity index is 457. The van der Waals surface area contributed by atoms with Gasteiger partial charge in [-0.25, -0.2) is 13.4 Å². The summed E-state index contributed by atoms with van der Waals surface area (Å²) in [6, 6.07) is 2.44. The Balaban J connectivity index is 3.39. The number of ether oxygens (including phenoxy) is 1. The van der Waals surface area contributed by atoms with E-state index < -0.39 is 14.1 Å². The van der Waals surface area contributed by atoms with Gasteiger partial charge in [-0.1, -0.05) is 0 Å². The van der Waals surface area contributed by atoms with Crippen LogP contribution in [0.5, 0.6) is 5.75 Å². The van der Waals surface area contributed by atoms with E-state index in [1.165, 1.54) is 13.2 Å². The molecule has 0 unspecified atom stereocenters. The molecule has 0 atom stereocenters. The monoisotopic (exact) mass is 235 g/mol. The van der Waals surface area contributed by atoms with Crippen molar-refractivity contribution < 1.29 is 17.9 Å². The van der Waals surface area contributed by atoms with Gasteiger partial charge in [0.25, 0.3) is 9.05 Å². The number of nitrogens with zero attached hydrogens (tertiary/aromatic N) is 1. The molecule has 0 spiro atoms. The van der Waals surface area contributed by atoms with E-state index in [9.17, 15) is 13.2 Å². The van der Waals surface area contributed by atoms with Gasteiger partial charge in [-0.3, -0.25) is 4.79 Å². The van der Waals surface area contributed by atoms with Gasteiger partial charge >= 0.3 is 0 Å². The molecule has 5 nitrogen and oxygen atoms in total. The predicted molar refractivity (Wildman–Crippen MR) is 49.2 cm³/mol. The summed E-state index contributed by atoms with van der Waals surface area (Å²) in [5.41, 5.74) is -0.0522. The van der Waals surface area contributed by atoms with Gasteiger partial charge in [0.05, 0.1) is 7.11 Å². The minimum absolute atomic E-state index is 0.0522. The zero-order valence-corrected chi connectivity index (χ0v) is 8.67. The van der Waals surface area contributed by atoms with E-state index in [1.54, 1.807) is 0 Å².